The molecule has 0 atom stereocenters. The number of anilines is 1. The van der Waals surface area contributed by atoms with E-state index in [-0.39, 0.29) is 12.8 Å². The minimum absolute atomic E-state index is 0.174. The SMILES string of the molecule is O=C(Nc1ccc2c(c1)OCO2)N1Cc2cncnc2C1. The van der Waals surface area contributed by atoms with Crippen LogP contribution in [-0.2, 0) is 13.1 Å². The van der Waals surface area contributed by atoms with Crippen LogP contribution in [-0.4, -0.2) is 27.7 Å². The second kappa shape index (κ2) is 4.62. The molecule has 7 heteroatoms. The Morgan fingerprint density at radius 3 is 3.05 bits per heavy atom. The first-order valence-corrected chi connectivity index (χ1v) is 6.53. The predicted molar refractivity (Wildman–Crippen MR) is 72.9 cm³/mol. The number of fused-ring (bicyclic) bond motifs is 2. The highest BCUT2D eigenvalue weighted by atomic mass is 16.7. The molecule has 21 heavy (non-hydrogen) atoms. The Morgan fingerprint density at radius 1 is 1.24 bits per heavy atom. The number of amides is 2. The van der Waals surface area contributed by atoms with Crippen LogP contribution in [0.3, 0.4) is 0 Å². The zero-order valence-corrected chi connectivity index (χ0v) is 11.1. The molecule has 106 valence electrons. The van der Waals surface area contributed by atoms with E-state index in [1.807, 2.05) is 0 Å². The van der Waals surface area contributed by atoms with Crippen molar-refractivity contribution in [2.75, 3.05) is 12.1 Å². The molecule has 3 heterocycles. The molecule has 4 rings (SSSR count). The lowest BCUT2D eigenvalue weighted by Gasteiger charge is -2.16. The predicted octanol–water partition coefficient (Wildman–Crippen LogP) is 1.75. The van der Waals surface area contributed by atoms with Crippen LogP contribution in [0.1, 0.15) is 11.3 Å². The van der Waals surface area contributed by atoms with Gasteiger partial charge in [-0.1, -0.05) is 0 Å². The molecule has 0 aliphatic carbocycles. The topological polar surface area (TPSA) is 76.6 Å². The van der Waals surface area contributed by atoms with E-state index in [1.165, 1.54) is 6.33 Å². The van der Waals surface area contributed by atoms with Crippen LogP contribution >= 0.6 is 0 Å². The van der Waals surface area contributed by atoms with Gasteiger partial charge in [0.2, 0.25) is 6.79 Å². The second-order valence-electron chi connectivity index (χ2n) is 4.85. The quantitative estimate of drug-likeness (QED) is 0.863. The van der Waals surface area contributed by atoms with Crippen LogP contribution in [0.4, 0.5) is 10.5 Å². The summed E-state index contributed by atoms with van der Waals surface area (Å²) >= 11 is 0. The van der Waals surface area contributed by atoms with Gasteiger partial charge < -0.3 is 19.7 Å². The molecule has 0 spiro atoms. The summed E-state index contributed by atoms with van der Waals surface area (Å²) in [5.41, 5.74) is 2.55. The third kappa shape index (κ3) is 2.12. The number of benzene rings is 1. The van der Waals surface area contributed by atoms with Gasteiger partial charge in [0.1, 0.15) is 6.33 Å². The van der Waals surface area contributed by atoms with E-state index < -0.39 is 0 Å². The van der Waals surface area contributed by atoms with E-state index in [0.29, 0.717) is 30.3 Å². The first kappa shape index (κ1) is 12.0. The maximum atomic E-state index is 12.3. The fourth-order valence-electron chi connectivity index (χ4n) is 2.42. The van der Waals surface area contributed by atoms with E-state index >= 15 is 0 Å². The van der Waals surface area contributed by atoms with Gasteiger partial charge in [0.15, 0.2) is 11.5 Å². The van der Waals surface area contributed by atoms with Gasteiger partial charge in [0.25, 0.3) is 0 Å². The van der Waals surface area contributed by atoms with Gasteiger partial charge in [0.05, 0.1) is 18.8 Å². The summed E-state index contributed by atoms with van der Waals surface area (Å²) in [4.78, 5) is 22.1. The van der Waals surface area contributed by atoms with Gasteiger partial charge in [-0.25, -0.2) is 14.8 Å². The van der Waals surface area contributed by atoms with Crippen molar-refractivity contribution in [2.45, 2.75) is 13.1 Å². The van der Waals surface area contributed by atoms with Gasteiger partial charge >= 0.3 is 6.03 Å². The number of hydrogen-bond acceptors (Lipinski definition) is 5. The fourth-order valence-corrected chi connectivity index (χ4v) is 2.42. The van der Waals surface area contributed by atoms with Crippen LogP contribution in [0, 0.1) is 0 Å². The standard InChI is InChI=1S/C14H12N4O3/c19-14(18-5-9-4-15-7-16-11(9)6-18)17-10-1-2-12-13(3-10)21-8-20-12/h1-4,7H,5-6,8H2,(H,17,19). The molecular weight excluding hydrogens is 272 g/mol. The van der Waals surface area contributed by atoms with Gasteiger partial charge in [-0.3, -0.25) is 0 Å². The van der Waals surface area contributed by atoms with Gasteiger partial charge in [-0.05, 0) is 12.1 Å². The summed E-state index contributed by atoms with van der Waals surface area (Å²) in [6, 6.07) is 5.15. The molecular formula is C14H12N4O3. The molecule has 2 aromatic rings. The van der Waals surface area contributed by atoms with Crippen molar-refractivity contribution in [3.8, 4) is 11.5 Å². The molecule has 7 nitrogen and oxygen atoms in total. The Morgan fingerprint density at radius 2 is 2.14 bits per heavy atom. The zero-order chi connectivity index (χ0) is 14.2. The van der Waals surface area contributed by atoms with Crippen molar-refractivity contribution in [2.24, 2.45) is 0 Å². The minimum atomic E-state index is -0.174. The minimum Gasteiger partial charge on any atom is -0.454 e. The van der Waals surface area contributed by atoms with Crippen LogP contribution in [0.5, 0.6) is 11.5 Å². The summed E-state index contributed by atoms with van der Waals surface area (Å²) in [5, 5.41) is 2.85. The van der Waals surface area contributed by atoms with E-state index in [4.69, 9.17) is 9.47 Å². The van der Waals surface area contributed by atoms with E-state index in [9.17, 15) is 4.79 Å². The van der Waals surface area contributed by atoms with Gasteiger partial charge in [-0.2, -0.15) is 0 Å². The number of hydrogen-bond donors (Lipinski definition) is 1. The lowest BCUT2D eigenvalue weighted by atomic mass is 10.3. The first-order valence-electron chi connectivity index (χ1n) is 6.53. The molecule has 1 N–H and O–H groups in total. The number of carbonyl (C=O) groups is 1. The number of aromatic nitrogens is 2. The van der Waals surface area contributed by atoms with Crippen LogP contribution in [0.2, 0.25) is 0 Å². The number of nitrogens with one attached hydrogen (secondary N) is 1. The molecule has 0 saturated heterocycles. The molecule has 1 aromatic heterocycles. The van der Waals surface area contributed by atoms with Crippen molar-refractivity contribution in [3.05, 3.63) is 42.0 Å². The van der Waals surface area contributed by atoms with Crippen molar-refractivity contribution in [1.82, 2.24) is 14.9 Å². The summed E-state index contributed by atoms with van der Waals surface area (Å²) in [5.74, 6) is 1.33. The molecule has 1 aromatic carbocycles. The lowest BCUT2D eigenvalue weighted by molar-refractivity contribution is 0.174. The highest BCUT2D eigenvalue weighted by molar-refractivity contribution is 5.90. The highest BCUT2D eigenvalue weighted by Crippen LogP contribution is 2.34. The molecule has 0 saturated carbocycles. The summed E-state index contributed by atoms with van der Waals surface area (Å²) in [6.45, 7) is 1.23. The molecule has 0 unspecified atom stereocenters. The third-order valence-electron chi connectivity index (χ3n) is 3.49. The lowest BCUT2D eigenvalue weighted by Crippen LogP contribution is -2.30. The van der Waals surface area contributed by atoms with E-state index in [2.05, 4.69) is 15.3 Å². The van der Waals surface area contributed by atoms with E-state index in [1.54, 1.807) is 29.3 Å². The Kier molecular flexibility index (Phi) is 2.63. The summed E-state index contributed by atoms with van der Waals surface area (Å²) in [6.07, 6.45) is 3.24. The van der Waals surface area contributed by atoms with Gasteiger partial charge in [0, 0.05) is 23.5 Å². The van der Waals surface area contributed by atoms with Crippen molar-refractivity contribution >= 4 is 11.7 Å². The first-order chi connectivity index (χ1) is 10.3. The largest absolute Gasteiger partial charge is 0.454 e. The molecule has 0 radical (unpaired) electrons. The number of nitrogens with zero attached hydrogens (tertiary/aromatic N) is 3. The maximum Gasteiger partial charge on any atom is 0.322 e. The molecule has 2 amide bonds. The normalized spacial score (nSPS) is 15.0. The fraction of sp³-hybridized carbons (Fsp3) is 0.214. The summed E-state index contributed by atoms with van der Waals surface area (Å²) < 4.78 is 10.5. The van der Waals surface area contributed by atoms with Crippen molar-refractivity contribution in [1.29, 1.82) is 0 Å². The molecule has 2 aliphatic heterocycles. The third-order valence-corrected chi connectivity index (χ3v) is 3.49. The Bertz CT molecular complexity index is 694. The maximum absolute atomic E-state index is 12.3. The Balaban J connectivity index is 1.47. The second-order valence-corrected chi connectivity index (χ2v) is 4.85. The molecule has 2 aliphatic rings. The van der Waals surface area contributed by atoms with Gasteiger partial charge in [-0.15, -0.1) is 0 Å². The van der Waals surface area contributed by atoms with Crippen molar-refractivity contribution < 1.29 is 14.3 Å². The Labute approximate surface area is 120 Å². The van der Waals surface area contributed by atoms with Crippen LogP contribution in [0.15, 0.2) is 30.7 Å². The smallest absolute Gasteiger partial charge is 0.322 e. The number of ether oxygens (including phenoxy) is 2. The average molecular weight is 284 g/mol. The monoisotopic (exact) mass is 284 g/mol. The van der Waals surface area contributed by atoms with Crippen LogP contribution in [0.25, 0.3) is 0 Å². The molecule has 0 bridgehead atoms. The van der Waals surface area contributed by atoms with E-state index in [0.717, 1.165) is 11.3 Å². The Hall–Kier alpha value is -2.83. The highest BCUT2D eigenvalue weighted by Gasteiger charge is 2.24. The van der Waals surface area contributed by atoms with Crippen LogP contribution < -0.4 is 14.8 Å². The number of rotatable bonds is 1. The molecule has 0 fully saturated rings. The number of urea groups is 1. The van der Waals surface area contributed by atoms with Crippen molar-refractivity contribution in [3.63, 3.8) is 0 Å². The number of carbonyl (C=O) groups excluding carboxylic acids is 1. The average Bonchev–Trinajstić information content (AvgIpc) is 3.13. The summed E-state index contributed by atoms with van der Waals surface area (Å²) in [7, 11) is 0. The zero-order valence-electron chi connectivity index (χ0n) is 11.1.